The van der Waals surface area contributed by atoms with Gasteiger partial charge >= 0.3 is 6.18 Å². The number of hydrogen-bond donors (Lipinski definition) is 1. The summed E-state index contributed by atoms with van der Waals surface area (Å²) in [4.78, 5) is 0. The number of halogens is 3. The zero-order valence-electron chi connectivity index (χ0n) is 8.89. The van der Waals surface area contributed by atoms with Gasteiger partial charge in [-0.05, 0) is 19.3 Å². The lowest BCUT2D eigenvalue weighted by atomic mass is 10.3. The first-order valence-corrected chi connectivity index (χ1v) is 5.31. The summed E-state index contributed by atoms with van der Waals surface area (Å²) in [7, 11) is 0. The fraction of sp³-hybridized carbons (Fsp3) is 0.900. The number of nitrogens with one attached hydrogen (secondary N) is 1. The number of nitrogens with zero attached hydrogens (tertiary/aromatic N) is 1. The molecule has 0 aliphatic heterocycles. The van der Waals surface area contributed by atoms with Crippen LogP contribution in [-0.2, 0) is 4.74 Å². The first-order valence-electron chi connectivity index (χ1n) is 5.31. The van der Waals surface area contributed by atoms with Crippen molar-refractivity contribution in [3.8, 4) is 6.07 Å². The van der Waals surface area contributed by atoms with Gasteiger partial charge in [0.2, 0.25) is 0 Å². The third-order valence-corrected chi connectivity index (χ3v) is 2.20. The maximum atomic E-state index is 11.8. The molecule has 92 valence electrons. The number of nitriles is 1. The Labute approximate surface area is 92.6 Å². The maximum Gasteiger partial charge on any atom is 0.389 e. The molecule has 0 saturated heterocycles. The molecule has 1 N–H and O–H groups in total. The third-order valence-electron chi connectivity index (χ3n) is 2.20. The van der Waals surface area contributed by atoms with Gasteiger partial charge in [-0.2, -0.15) is 18.4 Å². The number of alkyl halides is 3. The number of hydrogen-bond acceptors (Lipinski definition) is 3. The molecular weight excluding hydrogens is 221 g/mol. The first-order chi connectivity index (χ1) is 7.51. The van der Waals surface area contributed by atoms with E-state index in [1.165, 1.54) is 0 Å². The zero-order chi connectivity index (χ0) is 12.0. The summed E-state index contributed by atoms with van der Waals surface area (Å²) in [6.45, 7) is 0.203. The molecule has 16 heavy (non-hydrogen) atoms. The highest BCUT2D eigenvalue weighted by Crippen LogP contribution is 2.21. The minimum absolute atomic E-state index is 0.0457. The van der Waals surface area contributed by atoms with Crippen molar-refractivity contribution in [1.82, 2.24) is 5.32 Å². The minimum Gasteiger partial charge on any atom is -0.379 e. The standard InChI is InChI=1S/C10H15F3N2O/c11-10(12,13)4-1-5-16-7-9(6-14)15-8-2-3-8/h8-9,15H,1-5,7H2. The van der Waals surface area contributed by atoms with Crippen molar-refractivity contribution in [2.75, 3.05) is 13.2 Å². The predicted octanol–water partition coefficient (Wildman–Crippen LogP) is 1.99. The van der Waals surface area contributed by atoms with Crippen molar-refractivity contribution >= 4 is 0 Å². The van der Waals surface area contributed by atoms with E-state index >= 15 is 0 Å². The molecule has 1 fully saturated rings. The van der Waals surface area contributed by atoms with Gasteiger partial charge in [0.15, 0.2) is 0 Å². The second kappa shape index (κ2) is 6.06. The fourth-order valence-corrected chi connectivity index (χ4v) is 1.23. The molecule has 0 aromatic rings. The van der Waals surface area contributed by atoms with E-state index in [1.54, 1.807) is 0 Å². The fourth-order valence-electron chi connectivity index (χ4n) is 1.23. The maximum absolute atomic E-state index is 11.8. The minimum atomic E-state index is -4.12. The average molecular weight is 236 g/mol. The average Bonchev–Trinajstić information content (AvgIpc) is 2.97. The monoisotopic (exact) mass is 236 g/mol. The molecule has 0 aromatic heterocycles. The topological polar surface area (TPSA) is 45.0 Å². The van der Waals surface area contributed by atoms with Crippen molar-refractivity contribution in [2.24, 2.45) is 0 Å². The van der Waals surface area contributed by atoms with Gasteiger partial charge in [-0.15, -0.1) is 0 Å². The van der Waals surface area contributed by atoms with E-state index in [9.17, 15) is 13.2 Å². The molecule has 3 nitrogen and oxygen atoms in total. The largest absolute Gasteiger partial charge is 0.389 e. The Morgan fingerprint density at radius 3 is 2.62 bits per heavy atom. The summed E-state index contributed by atoms with van der Waals surface area (Å²) < 4.78 is 40.3. The quantitative estimate of drug-likeness (QED) is 0.687. The molecule has 0 amide bonds. The highest BCUT2D eigenvalue weighted by atomic mass is 19.4. The van der Waals surface area contributed by atoms with Crippen molar-refractivity contribution in [1.29, 1.82) is 5.26 Å². The lowest BCUT2D eigenvalue weighted by molar-refractivity contribution is -0.137. The lowest BCUT2D eigenvalue weighted by Gasteiger charge is -2.11. The highest BCUT2D eigenvalue weighted by Gasteiger charge is 2.26. The molecular formula is C10H15F3N2O. The lowest BCUT2D eigenvalue weighted by Crippen LogP contribution is -2.33. The third kappa shape index (κ3) is 6.64. The van der Waals surface area contributed by atoms with Gasteiger partial charge in [0.25, 0.3) is 0 Å². The normalized spacial score (nSPS) is 18.1. The zero-order valence-corrected chi connectivity index (χ0v) is 8.89. The molecule has 1 saturated carbocycles. The molecule has 1 atom stereocenters. The van der Waals surface area contributed by atoms with Crippen LogP contribution in [0.2, 0.25) is 0 Å². The Morgan fingerprint density at radius 2 is 2.12 bits per heavy atom. The van der Waals surface area contributed by atoms with Gasteiger partial charge in [-0.25, -0.2) is 0 Å². The van der Waals surface area contributed by atoms with Gasteiger partial charge in [0.1, 0.15) is 6.04 Å². The molecule has 0 heterocycles. The SMILES string of the molecule is N#CC(COCCCC(F)(F)F)NC1CC1. The van der Waals surface area contributed by atoms with Crippen molar-refractivity contribution in [3.63, 3.8) is 0 Å². The Balaban J connectivity index is 1.98. The van der Waals surface area contributed by atoms with Crippen LogP contribution < -0.4 is 5.32 Å². The van der Waals surface area contributed by atoms with E-state index in [0.29, 0.717) is 6.04 Å². The predicted molar refractivity (Wildman–Crippen MR) is 51.7 cm³/mol. The van der Waals surface area contributed by atoms with Crippen LogP contribution in [0.1, 0.15) is 25.7 Å². The van der Waals surface area contributed by atoms with Gasteiger partial charge in [-0.3, -0.25) is 5.32 Å². The molecule has 1 unspecified atom stereocenters. The van der Waals surface area contributed by atoms with Gasteiger partial charge < -0.3 is 4.74 Å². The smallest absolute Gasteiger partial charge is 0.379 e. The van der Waals surface area contributed by atoms with E-state index in [0.717, 1.165) is 12.8 Å². The summed E-state index contributed by atoms with van der Waals surface area (Å²) in [5.41, 5.74) is 0. The van der Waals surface area contributed by atoms with Crippen LogP contribution in [0.5, 0.6) is 0 Å². The van der Waals surface area contributed by atoms with E-state index in [4.69, 9.17) is 10.00 Å². The van der Waals surface area contributed by atoms with Crippen LogP contribution in [0.15, 0.2) is 0 Å². The summed E-state index contributed by atoms with van der Waals surface area (Å²) in [5, 5.41) is 11.8. The summed E-state index contributed by atoms with van der Waals surface area (Å²) >= 11 is 0. The van der Waals surface area contributed by atoms with Crippen molar-refractivity contribution in [2.45, 2.75) is 43.9 Å². The molecule has 0 bridgehead atoms. The van der Waals surface area contributed by atoms with E-state index in [-0.39, 0.29) is 19.6 Å². The second-order valence-corrected chi connectivity index (χ2v) is 3.92. The summed E-state index contributed by atoms with van der Waals surface area (Å²) in [6.07, 6.45) is -2.88. The van der Waals surface area contributed by atoms with Crippen LogP contribution in [-0.4, -0.2) is 31.5 Å². The molecule has 0 spiro atoms. The Bertz CT molecular complexity index is 245. The molecule has 1 aliphatic carbocycles. The molecule has 6 heteroatoms. The van der Waals surface area contributed by atoms with E-state index in [2.05, 4.69) is 5.32 Å². The van der Waals surface area contributed by atoms with Crippen molar-refractivity contribution in [3.05, 3.63) is 0 Å². The molecule has 1 rings (SSSR count). The van der Waals surface area contributed by atoms with E-state index in [1.807, 2.05) is 6.07 Å². The first kappa shape index (κ1) is 13.3. The summed E-state index contributed by atoms with van der Waals surface area (Å²) in [6, 6.07) is 2.01. The highest BCUT2D eigenvalue weighted by molar-refractivity contribution is 4.95. The van der Waals surface area contributed by atoms with E-state index < -0.39 is 18.6 Å². The van der Waals surface area contributed by atoms with Gasteiger partial charge in [-0.1, -0.05) is 0 Å². The van der Waals surface area contributed by atoms with Crippen LogP contribution in [0.25, 0.3) is 0 Å². The Morgan fingerprint density at radius 1 is 1.44 bits per heavy atom. The second-order valence-electron chi connectivity index (χ2n) is 3.92. The van der Waals surface area contributed by atoms with Crippen LogP contribution >= 0.6 is 0 Å². The van der Waals surface area contributed by atoms with Crippen LogP contribution in [0, 0.1) is 11.3 Å². The molecule has 0 radical (unpaired) electrons. The van der Waals surface area contributed by atoms with Gasteiger partial charge in [0, 0.05) is 19.1 Å². The molecule has 0 aromatic carbocycles. The Kier molecular flexibility index (Phi) is 5.03. The van der Waals surface area contributed by atoms with Crippen LogP contribution in [0.3, 0.4) is 0 Å². The van der Waals surface area contributed by atoms with Gasteiger partial charge in [0.05, 0.1) is 12.7 Å². The summed E-state index contributed by atoms with van der Waals surface area (Å²) in [5.74, 6) is 0. The number of rotatable bonds is 7. The van der Waals surface area contributed by atoms with Crippen LogP contribution in [0.4, 0.5) is 13.2 Å². The molecule has 1 aliphatic rings. The Hall–Kier alpha value is -0.800. The number of ether oxygens (including phenoxy) is 1. The van der Waals surface area contributed by atoms with Crippen molar-refractivity contribution < 1.29 is 17.9 Å².